The number of carbonyl (C=O) groups excluding carboxylic acids is 1. The van der Waals surface area contributed by atoms with Crippen LogP contribution in [-0.2, 0) is 9.47 Å². The molecule has 0 aliphatic carbocycles. The number of fused-ring (bicyclic) bond motifs is 3. The van der Waals surface area contributed by atoms with Crippen LogP contribution in [-0.4, -0.2) is 73.9 Å². The molecule has 3 aliphatic rings. The second-order valence-corrected chi connectivity index (χ2v) is 12.1. The summed E-state index contributed by atoms with van der Waals surface area (Å²) in [5.41, 5.74) is 4.00. The van der Waals surface area contributed by atoms with Crippen LogP contribution in [0.5, 0.6) is 0 Å². The average Bonchev–Trinajstić information content (AvgIpc) is 3.69. The second-order valence-electron chi connectivity index (χ2n) is 12.1. The van der Waals surface area contributed by atoms with Crippen molar-refractivity contribution in [2.75, 3.05) is 37.7 Å². The van der Waals surface area contributed by atoms with E-state index in [1.807, 2.05) is 38.2 Å². The second kappa shape index (κ2) is 9.22. The van der Waals surface area contributed by atoms with Gasteiger partial charge >= 0.3 is 6.09 Å². The first-order valence-electron chi connectivity index (χ1n) is 14.0. The average molecular weight is 530 g/mol. The van der Waals surface area contributed by atoms with Crippen molar-refractivity contribution < 1.29 is 14.3 Å². The molecule has 3 saturated heterocycles. The molecule has 1 aromatic carbocycles. The van der Waals surface area contributed by atoms with Crippen LogP contribution in [0.3, 0.4) is 0 Å². The molecule has 3 aromatic heterocycles. The predicted molar refractivity (Wildman–Crippen MR) is 148 cm³/mol. The monoisotopic (exact) mass is 529 g/mol. The smallest absolute Gasteiger partial charge is 0.410 e. The van der Waals surface area contributed by atoms with Crippen molar-refractivity contribution in [2.24, 2.45) is 11.8 Å². The van der Waals surface area contributed by atoms with Gasteiger partial charge < -0.3 is 24.3 Å². The number of nitrogens with one attached hydrogen (secondary N) is 1. The number of amides is 1. The highest BCUT2D eigenvalue weighted by Gasteiger charge is 2.43. The topological polar surface area (TPSA) is 101 Å². The van der Waals surface area contributed by atoms with Gasteiger partial charge in [0.2, 0.25) is 5.95 Å². The van der Waals surface area contributed by atoms with Gasteiger partial charge in [-0.25, -0.2) is 14.8 Å². The molecule has 3 fully saturated rings. The Morgan fingerprint density at radius 1 is 1.08 bits per heavy atom. The van der Waals surface area contributed by atoms with E-state index >= 15 is 0 Å². The summed E-state index contributed by atoms with van der Waals surface area (Å²) in [4.78, 5) is 35.1. The zero-order chi connectivity index (χ0) is 26.7. The fourth-order valence-electron chi connectivity index (χ4n) is 6.23. The fourth-order valence-corrected chi connectivity index (χ4v) is 6.23. The Kier molecular flexibility index (Phi) is 5.77. The molecule has 6 heterocycles. The Labute approximate surface area is 227 Å². The summed E-state index contributed by atoms with van der Waals surface area (Å²) in [7, 11) is 0. The van der Waals surface area contributed by atoms with Crippen LogP contribution in [0.1, 0.15) is 46.3 Å². The first-order chi connectivity index (χ1) is 18.8. The van der Waals surface area contributed by atoms with Crippen molar-refractivity contribution in [3.05, 3.63) is 36.8 Å². The first kappa shape index (κ1) is 24.4. The summed E-state index contributed by atoms with van der Waals surface area (Å²) in [5, 5.41) is 1.16. The minimum atomic E-state index is -0.491. The quantitative estimate of drug-likeness (QED) is 0.400. The molecule has 3 aliphatic heterocycles. The van der Waals surface area contributed by atoms with Crippen LogP contribution in [0.4, 0.5) is 10.7 Å². The molecule has 1 amide bonds. The normalized spacial score (nSPS) is 23.6. The van der Waals surface area contributed by atoms with Crippen molar-refractivity contribution in [1.29, 1.82) is 0 Å². The summed E-state index contributed by atoms with van der Waals surface area (Å²) in [6.45, 7) is 9.48. The van der Waals surface area contributed by atoms with E-state index < -0.39 is 5.60 Å². The number of hydrogen-bond acceptors (Lipinski definition) is 7. The highest BCUT2D eigenvalue weighted by Crippen LogP contribution is 2.37. The molecule has 3 unspecified atom stereocenters. The van der Waals surface area contributed by atoms with Crippen molar-refractivity contribution in [3.63, 3.8) is 0 Å². The maximum Gasteiger partial charge on any atom is 0.410 e. The molecule has 10 heteroatoms. The van der Waals surface area contributed by atoms with Crippen LogP contribution < -0.4 is 4.90 Å². The van der Waals surface area contributed by atoms with Gasteiger partial charge in [0.15, 0.2) is 5.65 Å². The van der Waals surface area contributed by atoms with Gasteiger partial charge in [-0.1, -0.05) is 12.1 Å². The summed E-state index contributed by atoms with van der Waals surface area (Å²) in [6, 6.07) is 8.42. The molecule has 10 nitrogen and oxygen atoms in total. The van der Waals surface area contributed by atoms with Crippen LogP contribution >= 0.6 is 0 Å². The standard InChI is InChI=1S/C29H35N7O3/c1-29(2,3)39-28(37)35-15-20-13-34(14-21(20)16-35)27-32-24(19-8-7-18-9-10-30-22(18)12-19)25-26(33-27)36(17-31-25)23-6-4-5-11-38-23/h7-10,12,17,20-21,23,30H,4-6,11,13-16H2,1-3H3. The molecule has 4 aromatic rings. The number of hydrogen-bond donors (Lipinski definition) is 1. The highest BCUT2D eigenvalue weighted by atomic mass is 16.6. The largest absolute Gasteiger partial charge is 0.444 e. The zero-order valence-corrected chi connectivity index (χ0v) is 22.8. The lowest BCUT2D eigenvalue weighted by atomic mass is 10.0. The van der Waals surface area contributed by atoms with E-state index in [0.717, 1.165) is 72.3 Å². The van der Waals surface area contributed by atoms with Crippen molar-refractivity contribution in [3.8, 4) is 11.3 Å². The Morgan fingerprint density at radius 3 is 2.64 bits per heavy atom. The van der Waals surface area contributed by atoms with Crippen LogP contribution in [0.15, 0.2) is 36.8 Å². The number of ether oxygens (including phenoxy) is 2. The van der Waals surface area contributed by atoms with Crippen molar-refractivity contribution in [2.45, 2.75) is 51.9 Å². The number of nitrogens with zero attached hydrogens (tertiary/aromatic N) is 6. The molecular formula is C29H35N7O3. The van der Waals surface area contributed by atoms with Gasteiger partial charge in [0.25, 0.3) is 0 Å². The summed E-state index contributed by atoms with van der Waals surface area (Å²) < 4.78 is 13.8. The van der Waals surface area contributed by atoms with Gasteiger partial charge in [-0.15, -0.1) is 0 Å². The maximum absolute atomic E-state index is 12.7. The molecule has 7 rings (SSSR count). The van der Waals surface area contributed by atoms with E-state index in [-0.39, 0.29) is 12.3 Å². The lowest BCUT2D eigenvalue weighted by molar-refractivity contribution is -0.0298. The third kappa shape index (κ3) is 4.50. The Bertz CT molecular complexity index is 1520. The number of rotatable bonds is 3. The van der Waals surface area contributed by atoms with Gasteiger partial charge in [0, 0.05) is 61.9 Å². The molecule has 204 valence electrons. The van der Waals surface area contributed by atoms with Crippen LogP contribution in [0.2, 0.25) is 0 Å². The van der Waals surface area contributed by atoms with Gasteiger partial charge in [0.1, 0.15) is 23.0 Å². The van der Waals surface area contributed by atoms with Crippen LogP contribution in [0, 0.1) is 11.8 Å². The number of imidazole rings is 1. The number of carbonyl (C=O) groups is 1. The molecule has 39 heavy (non-hydrogen) atoms. The Balaban J connectivity index is 1.22. The van der Waals surface area contributed by atoms with E-state index in [1.54, 1.807) is 0 Å². The molecule has 0 spiro atoms. The summed E-state index contributed by atoms with van der Waals surface area (Å²) in [6.07, 6.45) is 6.68. The van der Waals surface area contributed by atoms with E-state index in [2.05, 4.69) is 38.7 Å². The third-order valence-corrected chi connectivity index (χ3v) is 8.12. The lowest BCUT2D eigenvalue weighted by Gasteiger charge is -2.26. The molecule has 1 N–H and O–H groups in total. The van der Waals surface area contributed by atoms with Crippen LogP contribution in [0.25, 0.3) is 33.3 Å². The maximum atomic E-state index is 12.7. The minimum Gasteiger partial charge on any atom is -0.444 e. The SMILES string of the molecule is CC(C)(C)OC(=O)N1CC2CN(c3nc(-c4ccc5cc[nH]c5c4)c4ncn(C5CCCCO5)c4n3)CC2C1. The summed E-state index contributed by atoms with van der Waals surface area (Å²) in [5.74, 6) is 1.43. The molecule has 3 atom stereocenters. The molecule has 0 saturated carbocycles. The number of likely N-dealkylation sites (tertiary alicyclic amines) is 1. The number of aromatic amines is 1. The number of anilines is 1. The van der Waals surface area contributed by atoms with Gasteiger partial charge in [-0.2, -0.15) is 4.98 Å². The first-order valence-corrected chi connectivity index (χ1v) is 14.0. The minimum absolute atomic E-state index is 0.0643. The fraction of sp³-hybridized carbons (Fsp3) is 0.517. The van der Waals surface area contributed by atoms with E-state index in [9.17, 15) is 4.79 Å². The van der Waals surface area contributed by atoms with E-state index in [4.69, 9.17) is 24.4 Å². The lowest BCUT2D eigenvalue weighted by Crippen LogP contribution is -2.37. The van der Waals surface area contributed by atoms with Gasteiger partial charge in [-0.05, 0) is 57.6 Å². The van der Waals surface area contributed by atoms with Gasteiger partial charge in [0.05, 0.1) is 6.33 Å². The summed E-state index contributed by atoms with van der Waals surface area (Å²) >= 11 is 0. The van der Waals surface area contributed by atoms with Gasteiger partial charge in [-0.3, -0.25) is 4.57 Å². The Morgan fingerprint density at radius 2 is 1.90 bits per heavy atom. The molecular weight excluding hydrogens is 494 g/mol. The molecule has 0 bridgehead atoms. The predicted octanol–water partition coefficient (Wildman–Crippen LogP) is 4.98. The third-order valence-electron chi connectivity index (χ3n) is 8.12. The van der Waals surface area contributed by atoms with Crippen molar-refractivity contribution in [1.82, 2.24) is 29.4 Å². The Hall–Kier alpha value is -3.66. The van der Waals surface area contributed by atoms with E-state index in [0.29, 0.717) is 30.9 Å². The zero-order valence-electron chi connectivity index (χ0n) is 22.8. The number of benzene rings is 1. The number of aromatic nitrogens is 5. The highest BCUT2D eigenvalue weighted by molar-refractivity contribution is 5.92. The number of H-pyrrole nitrogens is 1. The van der Waals surface area contributed by atoms with Crippen molar-refractivity contribution >= 4 is 34.1 Å². The van der Waals surface area contributed by atoms with E-state index in [1.165, 1.54) is 0 Å². The molecule has 0 radical (unpaired) electrons.